The maximum atomic E-state index is 5.35. The van der Waals surface area contributed by atoms with Gasteiger partial charge in [0.25, 0.3) is 0 Å². The van der Waals surface area contributed by atoms with Gasteiger partial charge in [-0.1, -0.05) is 18.2 Å². The molecule has 4 heteroatoms. The van der Waals surface area contributed by atoms with Crippen molar-refractivity contribution in [3.8, 4) is 17.0 Å². The molecule has 0 aliphatic carbocycles. The number of nitrogens with zero attached hydrogens (tertiary/aromatic N) is 2. The van der Waals surface area contributed by atoms with Crippen LogP contribution in [0.4, 0.5) is 0 Å². The van der Waals surface area contributed by atoms with Crippen molar-refractivity contribution in [3.63, 3.8) is 0 Å². The summed E-state index contributed by atoms with van der Waals surface area (Å²) in [5.74, 6) is 2.49. The van der Waals surface area contributed by atoms with Crippen molar-refractivity contribution >= 4 is 5.52 Å². The van der Waals surface area contributed by atoms with Gasteiger partial charge in [-0.3, -0.25) is 0 Å². The van der Waals surface area contributed by atoms with Crippen LogP contribution in [0.1, 0.15) is 18.2 Å². The molecule has 0 amide bonds. The zero-order valence-corrected chi connectivity index (χ0v) is 12.6. The van der Waals surface area contributed by atoms with Crippen LogP contribution < -0.4 is 10.1 Å². The van der Waals surface area contributed by atoms with E-state index >= 15 is 0 Å². The maximum absolute atomic E-state index is 5.35. The van der Waals surface area contributed by atoms with Gasteiger partial charge in [0.1, 0.15) is 11.6 Å². The van der Waals surface area contributed by atoms with Gasteiger partial charge in [0.2, 0.25) is 0 Å². The van der Waals surface area contributed by atoms with Gasteiger partial charge in [-0.05, 0) is 37.2 Å². The summed E-state index contributed by atoms with van der Waals surface area (Å²) >= 11 is 0. The average Bonchev–Trinajstić information content (AvgIpc) is 3.22. The summed E-state index contributed by atoms with van der Waals surface area (Å²) in [7, 11) is 1.69. The number of nitrogens with one attached hydrogen (secondary N) is 1. The lowest BCUT2D eigenvalue weighted by Crippen LogP contribution is -2.10. The molecular formula is C18H19N3O. The predicted octanol–water partition coefficient (Wildman–Crippen LogP) is 3.09. The van der Waals surface area contributed by atoms with Crippen molar-refractivity contribution in [2.75, 3.05) is 20.2 Å². The molecule has 4 nitrogen and oxygen atoms in total. The number of methoxy groups -OCH3 is 1. The minimum Gasteiger partial charge on any atom is -0.497 e. The largest absolute Gasteiger partial charge is 0.497 e. The van der Waals surface area contributed by atoms with Crippen molar-refractivity contribution in [2.24, 2.45) is 0 Å². The van der Waals surface area contributed by atoms with Crippen LogP contribution in [0.3, 0.4) is 0 Å². The SMILES string of the molecule is COc1cccc(-c2nc([C@@H]3CCNC3)n3ccccc23)c1. The number of benzene rings is 1. The van der Waals surface area contributed by atoms with E-state index in [-0.39, 0.29) is 0 Å². The smallest absolute Gasteiger partial charge is 0.119 e. The highest BCUT2D eigenvalue weighted by Gasteiger charge is 2.23. The van der Waals surface area contributed by atoms with Crippen LogP contribution in [0.15, 0.2) is 48.7 Å². The van der Waals surface area contributed by atoms with Gasteiger partial charge in [-0.15, -0.1) is 0 Å². The molecule has 0 bridgehead atoms. The lowest BCUT2D eigenvalue weighted by atomic mass is 10.1. The molecule has 1 fully saturated rings. The van der Waals surface area contributed by atoms with Crippen LogP contribution in [0.2, 0.25) is 0 Å². The number of rotatable bonds is 3. The normalized spacial score (nSPS) is 18.0. The van der Waals surface area contributed by atoms with Crippen molar-refractivity contribution < 1.29 is 4.74 Å². The third-order valence-electron chi connectivity index (χ3n) is 4.34. The molecule has 1 aromatic carbocycles. The third-order valence-corrected chi connectivity index (χ3v) is 4.34. The first-order valence-electron chi connectivity index (χ1n) is 7.69. The maximum Gasteiger partial charge on any atom is 0.119 e. The first kappa shape index (κ1) is 13.3. The molecule has 1 aliphatic heterocycles. The zero-order valence-electron chi connectivity index (χ0n) is 12.6. The van der Waals surface area contributed by atoms with Crippen LogP contribution >= 0.6 is 0 Å². The van der Waals surface area contributed by atoms with Crippen molar-refractivity contribution in [1.82, 2.24) is 14.7 Å². The number of aromatic nitrogens is 2. The van der Waals surface area contributed by atoms with Gasteiger partial charge in [0.15, 0.2) is 0 Å². The molecule has 1 atom stereocenters. The summed E-state index contributed by atoms with van der Waals surface area (Å²) in [6.07, 6.45) is 3.26. The van der Waals surface area contributed by atoms with Crippen LogP contribution in [0.5, 0.6) is 5.75 Å². The number of hydrogen-bond acceptors (Lipinski definition) is 3. The fourth-order valence-corrected chi connectivity index (χ4v) is 3.21. The summed E-state index contributed by atoms with van der Waals surface area (Å²) < 4.78 is 7.58. The fourth-order valence-electron chi connectivity index (χ4n) is 3.21. The number of fused-ring (bicyclic) bond motifs is 1. The van der Waals surface area contributed by atoms with E-state index < -0.39 is 0 Å². The Bertz CT molecular complexity index is 803. The molecule has 3 heterocycles. The molecule has 1 aliphatic rings. The minimum atomic E-state index is 0.481. The summed E-state index contributed by atoms with van der Waals surface area (Å²) in [4.78, 5) is 4.98. The molecule has 0 unspecified atom stereocenters. The lowest BCUT2D eigenvalue weighted by Gasteiger charge is -2.06. The van der Waals surface area contributed by atoms with Crippen molar-refractivity contribution in [1.29, 1.82) is 0 Å². The monoisotopic (exact) mass is 293 g/mol. The third kappa shape index (κ3) is 2.16. The standard InChI is InChI=1S/C18H19N3O/c1-22-15-6-4-5-13(11-15)17-16-7-2-3-10-21(16)18(20-17)14-8-9-19-12-14/h2-7,10-11,14,19H,8-9,12H2,1H3/t14-/m1/s1. The molecule has 1 N–H and O–H groups in total. The Morgan fingerprint density at radius 2 is 2.18 bits per heavy atom. The number of hydrogen-bond donors (Lipinski definition) is 1. The average molecular weight is 293 g/mol. The predicted molar refractivity (Wildman–Crippen MR) is 87.4 cm³/mol. The second-order valence-corrected chi connectivity index (χ2v) is 5.70. The summed E-state index contributed by atoms with van der Waals surface area (Å²) in [5.41, 5.74) is 3.28. The van der Waals surface area contributed by atoms with Crippen LogP contribution in [0, 0.1) is 0 Å². The highest BCUT2D eigenvalue weighted by atomic mass is 16.5. The van der Waals surface area contributed by atoms with E-state index in [0.29, 0.717) is 5.92 Å². The fraction of sp³-hybridized carbons (Fsp3) is 0.278. The number of ether oxygens (including phenoxy) is 1. The van der Waals surface area contributed by atoms with Crippen molar-refractivity contribution in [2.45, 2.75) is 12.3 Å². The topological polar surface area (TPSA) is 38.6 Å². The second-order valence-electron chi connectivity index (χ2n) is 5.70. The first-order valence-corrected chi connectivity index (χ1v) is 7.69. The molecule has 1 saturated heterocycles. The Morgan fingerprint density at radius 1 is 1.23 bits per heavy atom. The molecule has 112 valence electrons. The van der Waals surface area contributed by atoms with E-state index in [9.17, 15) is 0 Å². The van der Waals surface area contributed by atoms with Gasteiger partial charge < -0.3 is 14.5 Å². The molecule has 0 saturated carbocycles. The highest BCUT2D eigenvalue weighted by molar-refractivity contribution is 5.78. The van der Waals surface area contributed by atoms with Crippen LogP contribution in [-0.4, -0.2) is 29.6 Å². The van der Waals surface area contributed by atoms with Crippen LogP contribution in [-0.2, 0) is 0 Å². The highest BCUT2D eigenvalue weighted by Crippen LogP contribution is 2.31. The Kier molecular flexibility index (Phi) is 3.31. The van der Waals surface area contributed by atoms with E-state index in [1.54, 1.807) is 7.11 Å². The van der Waals surface area contributed by atoms with Crippen molar-refractivity contribution in [3.05, 3.63) is 54.5 Å². The number of pyridine rings is 1. The van der Waals surface area contributed by atoms with Gasteiger partial charge in [-0.25, -0.2) is 4.98 Å². The van der Waals surface area contributed by atoms with E-state index in [1.807, 2.05) is 18.2 Å². The number of imidazole rings is 1. The van der Waals surface area contributed by atoms with E-state index in [2.05, 4.69) is 40.2 Å². The Balaban J connectivity index is 1.90. The molecule has 4 rings (SSSR count). The Hall–Kier alpha value is -2.33. The van der Waals surface area contributed by atoms with Gasteiger partial charge >= 0.3 is 0 Å². The lowest BCUT2D eigenvalue weighted by molar-refractivity contribution is 0.415. The Morgan fingerprint density at radius 3 is 3.00 bits per heavy atom. The van der Waals surface area contributed by atoms with Gasteiger partial charge in [0.05, 0.1) is 18.3 Å². The Labute approximate surface area is 129 Å². The zero-order chi connectivity index (χ0) is 14.9. The van der Waals surface area contributed by atoms with E-state index in [4.69, 9.17) is 9.72 Å². The minimum absolute atomic E-state index is 0.481. The molecule has 0 radical (unpaired) electrons. The molecule has 3 aromatic rings. The quantitative estimate of drug-likeness (QED) is 0.806. The molecule has 0 spiro atoms. The summed E-state index contributed by atoms with van der Waals surface area (Å²) in [5, 5.41) is 3.43. The second kappa shape index (κ2) is 5.46. The summed E-state index contributed by atoms with van der Waals surface area (Å²) in [6.45, 7) is 2.08. The van der Waals surface area contributed by atoms with Gasteiger partial charge in [0, 0.05) is 24.2 Å². The van der Waals surface area contributed by atoms with Gasteiger partial charge in [-0.2, -0.15) is 0 Å². The van der Waals surface area contributed by atoms with E-state index in [1.165, 1.54) is 0 Å². The molecular weight excluding hydrogens is 274 g/mol. The first-order chi connectivity index (χ1) is 10.9. The molecule has 2 aromatic heterocycles. The van der Waals surface area contributed by atoms with Crippen LogP contribution in [0.25, 0.3) is 16.8 Å². The molecule has 22 heavy (non-hydrogen) atoms. The summed E-state index contributed by atoms with van der Waals surface area (Å²) in [6, 6.07) is 14.4. The van der Waals surface area contributed by atoms with E-state index in [0.717, 1.165) is 47.9 Å².